The zero-order valence-corrected chi connectivity index (χ0v) is 15.3. The summed E-state index contributed by atoms with van der Waals surface area (Å²) >= 11 is 0. The molecular weight excluding hydrogens is 326 g/mol. The van der Waals surface area contributed by atoms with Gasteiger partial charge < -0.3 is 14.6 Å². The average Bonchev–Trinajstić information content (AvgIpc) is 3.11. The average molecular weight is 351 g/mol. The van der Waals surface area contributed by atoms with Crippen LogP contribution in [0.3, 0.4) is 0 Å². The summed E-state index contributed by atoms with van der Waals surface area (Å²) in [4.78, 5) is 16.7. The van der Waals surface area contributed by atoms with Crippen molar-refractivity contribution in [3.8, 4) is 0 Å². The van der Waals surface area contributed by atoms with E-state index in [1.54, 1.807) is 6.33 Å². The molecule has 26 heavy (non-hydrogen) atoms. The van der Waals surface area contributed by atoms with E-state index in [9.17, 15) is 4.79 Å². The zero-order chi connectivity index (χ0) is 18.4. The molecule has 0 spiro atoms. The van der Waals surface area contributed by atoms with E-state index in [0.717, 1.165) is 23.0 Å². The first-order valence-corrected chi connectivity index (χ1v) is 9.02. The monoisotopic (exact) mass is 351 g/mol. The number of para-hydroxylation sites is 2. The predicted octanol–water partition coefficient (Wildman–Crippen LogP) is 3.88. The number of hydrogen-bond donors (Lipinski definition) is 1. The van der Waals surface area contributed by atoms with E-state index >= 15 is 0 Å². The second-order valence-corrected chi connectivity index (χ2v) is 6.38. The maximum absolute atomic E-state index is 12.4. The Morgan fingerprint density at radius 3 is 2.65 bits per heavy atom. The third-order valence-electron chi connectivity index (χ3n) is 4.54. The van der Waals surface area contributed by atoms with Gasteiger partial charge in [-0.05, 0) is 38.0 Å². The summed E-state index contributed by atoms with van der Waals surface area (Å²) in [5.74, 6) is -0.00994. The van der Waals surface area contributed by atoms with Crippen molar-refractivity contribution in [1.82, 2.24) is 14.9 Å². The van der Waals surface area contributed by atoms with Crippen molar-refractivity contribution in [2.75, 3.05) is 13.2 Å². The predicted molar refractivity (Wildman–Crippen MR) is 103 cm³/mol. The van der Waals surface area contributed by atoms with Gasteiger partial charge in [-0.3, -0.25) is 4.79 Å². The molecule has 0 bridgehead atoms. The molecule has 1 aromatic heterocycles. The molecule has 0 aliphatic heterocycles. The highest BCUT2D eigenvalue weighted by molar-refractivity contribution is 5.83. The molecule has 0 saturated heterocycles. The number of rotatable bonds is 8. The first-order valence-electron chi connectivity index (χ1n) is 9.02. The molecular formula is C21H25N3O2. The van der Waals surface area contributed by atoms with Gasteiger partial charge in [0.25, 0.3) is 0 Å². The van der Waals surface area contributed by atoms with Crippen LogP contribution >= 0.6 is 0 Å². The maximum atomic E-state index is 12.4. The maximum Gasteiger partial charge on any atom is 0.242 e. The minimum absolute atomic E-state index is 0.00994. The van der Waals surface area contributed by atoms with Crippen LogP contribution in [0.5, 0.6) is 0 Å². The minimum atomic E-state index is -0.299. The van der Waals surface area contributed by atoms with Crippen LogP contribution in [0.2, 0.25) is 0 Å². The van der Waals surface area contributed by atoms with Gasteiger partial charge in [0.15, 0.2) is 0 Å². The number of nitrogens with zero attached hydrogens (tertiary/aromatic N) is 2. The fourth-order valence-electron chi connectivity index (χ4n) is 2.93. The van der Waals surface area contributed by atoms with Crippen LogP contribution < -0.4 is 5.32 Å². The number of nitrogens with one attached hydrogen (secondary N) is 1. The Morgan fingerprint density at radius 2 is 1.85 bits per heavy atom. The number of carbonyl (C=O) groups is 1. The number of fused-ring (bicyclic) bond motifs is 1. The lowest BCUT2D eigenvalue weighted by Gasteiger charge is -2.16. The highest BCUT2D eigenvalue weighted by Crippen LogP contribution is 2.18. The molecule has 0 aliphatic rings. The van der Waals surface area contributed by atoms with E-state index in [0.29, 0.717) is 13.2 Å². The molecule has 1 N–H and O–H groups in total. The van der Waals surface area contributed by atoms with Crippen molar-refractivity contribution in [2.24, 2.45) is 0 Å². The molecule has 3 aromatic rings. The van der Waals surface area contributed by atoms with E-state index < -0.39 is 0 Å². The smallest absolute Gasteiger partial charge is 0.242 e. The second kappa shape index (κ2) is 8.63. The second-order valence-electron chi connectivity index (χ2n) is 6.38. The van der Waals surface area contributed by atoms with Crippen LogP contribution in [-0.4, -0.2) is 28.6 Å². The third kappa shape index (κ3) is 4.29. The van der Waals surface area contributed by atoms with Gasteiger partial charge in [0.05, 0.1) is 23.5 Å². The molecule has 0 fully saturated rings. The van der Waals surface area contributed by atoms with E-state index in [-0.39, 0.29) is 18.1 Å². The summed E-state index contributed by atoms with van der Waals surface area (Å²) in [5, 5.41) is 2.98. The molecule has 5 nitrogen and oxygen atoms in total. The summed E-state index contributed by atoms with van der Waals surface area (Å²) in [6.45, 7) is 5.13. The topological polar surface area (TPSA) is 56.1 Å². The number of carbonyl (C=O) groups excluding carboxylic acids is 1. The highest BCUT2D eigenvalue weighted by atomic mass is 16.5. The first kappa shape index (κ1) is 18.1. The molecule has 3 rings (SSSR count). The number of aromatic nitrogens is 2. The molecule has 136 valence electrons. The Morgan fingerprint density at radius 1 is 1.12 bits per heavy atom. The van der Waals surface area contributed by atoms with E-state index in [1.165, 1.54) is 0 Å². The molecule has 0 saturated carbocycles. The Kier molecular flexibility index (Phi) is 6.02. The van der Waals surface area contributed by atoms with Crippen LogP contribution in [0.25, 0.3) is 11.0 Å². The van der Waals surface area contributed by atoms with E-state index in [2.05, 4.69) is 22.4 Å². The third-order valence-corrected chi connectivity index (χ3v) is 4.54. The Bertz CT molecular complexity index is 845. The van der Waals surface area contributed by atoms with Gasteiger partial charge in [-0.1, -0.05) is 42.5 Å². The molecule has 2 aromatic carbocycles. The number of imidazole rings is 1. The van der Waals surface area contributed by atoms with Crippen molar-refractivity contribution in [3.05, 3.63) is 66.5 Å². The summed E-state index contributed by atoms with van der Waals surface area (Å²) in [7, 11) is 0. The quantitative estimate of drug-likeness (QED) is 0.627. The summed E-state index contributed by atoms with van der Waals surface area (Å²) in [6.07, 6.45) is 2.56. The largest absolute Gasteiger partial charge is 0.374 e. The number of benzene rings is 2. The van der Waals surface area contributed by atoms with E-state index in [4.69, 9.17) is 4.74 Å². The first-order chi connectivity index (χ1) is 12.7. The molecule has 0 aliphatic carbocycles. The molecule has 0 radical (unpaired) electrons. The van der Waals surface area contributed by atoms with Crippen LogP contribution in [0.4, 0.5) is 0 Å². The standard InChI is InChI=1S/C21H25N3O2/c1-16(24-15-23-19-11-6-7-12-20(19)24)21(25)22-13-8-14-26-17(2)18-9-4-3-5-10-18/h3-7,9-12,15-17H,8,13-14H2,1-2H3,(H,22,25). The fourth-order valence-corrected chi connectivity index (χ4v) is 2.93. The molecule has 2 atom stereocenters. The number of ether oxygens (including phenoxy) is 1. The molecule has 1 heterocycles. The fraction of sp³-hybridized carbons (Fsp3) is 0.333. The van der Waals surface area contributed by atoms with E-state index in [1.807, 2.05) is 60.9 Å². The van der Waals surface area contributed by atoms with Crippen molar-refractivity contribution < 1.29 is 9.53 Å². The number of amides is 1. The molecule has 5 heteroatoms. The van der Waals surface area contributed by atoms with Crippen LogP contribution in [0.1, 0.15) is 38.0 Å². The Hall–Kier alpha value is -2.66. The lowest BCUT2D eigenvalue weighted by Crippen LogP contribution is -2.32. The van der Waals surface area contributed by atoms with Gasteiger partial charge in [0.1, 0.15) is 6.04 Å². The number of hydrogen-bond acceptors (Lipinski definition) is 3. The highest BCUT2D eigenvalue weighted by Gasteiger charge is 2.16. The Labute approximate surface area is 154 Å². The van der Waals surface area contributed by atoms with Crippen molar-refractivity contribution >= 4 is 16.9 Å². The van der Waals surface area contributed by atoms with Crippen molar-refractivity contribution in [2.45, 2.75) is 32.4 Å². The minimum Gasteiger partial charge on any atom is -0.374 e. The lowest BCUT2D eigenvalue weighted by molar-refractivity contribution is -0.123. The van der Waals surface area contributed by atoms with Gasteiger partial charge in [-0.15, -0.1) is 0 Å². The zero-order valence-electron chi connectivity index (χ0n) is 15.3. The lowest BCUT2D eigenvalue weighted by atomic mass is 10.1. The van der Waals surface area contributed by atoms with Crippen molar-refractivity contribution in [1.29, 1.82) is 0 Å². The Balaban J connectivity index is 1.43. The molecule has 1 amide bonds. The molecule has 2 unspecified atom stereocenters. The summed E-state index contributed by atoms with van der Waals surface area (Å²) in [5.41, 5.74) is 3.03. The van der Waals surface area contributed by atoms with Crippen LogP contribution in [-0.2, 0) is 9.53 Å². The normalized spacial score (nSPS) is 13.5. The summed E-state index contributed by atoms with van der Waals surface area (Å²) < 4.78 is 7.74. The van der Waals surface area contributed by atoms with Gasteiger partial charge in [0, 0.05) is 13.2 Å². The van der Waals surface area contributed by atoms with Gasteiger partial charge >= 0.3 is 0 Å². The van der Waals surface area contributed by atoms with Crippen molar-refractivity contribution in [3.63, 3.8) is 0 Å². The van der Waals surface area contributed by atoms with Crippen LogP contribution in [0.15, 0.2) is 60.9 Å². The van der Waals surface area contributed by atoms with Crippen LogP contribution in [0, 0.1) is 0 Å². The van der Waals surface area contributed by atoms with Gasteiger partial charge in [-0.2, -0.15) is 0 Å². The summed E-state index contributed by atoms with van der Waals surface area (Å²) in [6, 6.07) is 17.7. The SMILES string of the molecule is CC(OCCCNC(=O)C(C)n1cnc2ccccc21)c1ccccc1. The van der Waals surface area contributed by atoms with Gasteiger partial charge in [-0.25, -0.2) is 4.98 Å². The van der Waals surface area contributed by atoms with Gasteiger partial charge in [0.2, 0.25) is 5.91 Å².